The summed E-state index contributed by atoms with van der Waals surface area (Å²) in [6.07, 6.45) is 5.35. The van der Waals surface area contributed by atoms with Crippen LogP contribution in [0.1, 0.15) is 69.7 Å². The van der Waals surface area contributed by atoms with E-state index in [9.17, 15) is 14.4 Å². The first kappa shape index (κ1) is 27.0. The average molecular weight is 488 g/mol. The summed E-state index contributed by atoms with van der Waals surface area (Å²) in [5, 5.41) is 3.02. The van der Waals surface area contributed by atoms with Crippen LogP contribution in [-0.4, -0.2) is 73.5 Å². The number of benzene rings is 1. The molecule has 1 aliphatic heterocycles. The van der Waals surface area contributed by atoms with Crippen molar-refractivity contribution in [3.8, 4) is 5.75 Å². The Morgan fingerprint density at radius 3 is 2.51 bits per heavy atom. The maximum atomic E-state index is 13.3. The lowest BCUT2D eigenvalue weighted by Crippen LogP contribution is -2.48. The van der Waals surface area contributed by atoms with E-state index in [0.717, 1.165) is 25.7 Å². The summed E-state index contributed by atoms with van der Waals surface area (Å²) in [5.74, 6) is 0.365. The van der Waals surface area contributed by atoms with Gasteiger partial charge < -0.3 is 24.6 Å². The lowest BCUT2D eigenvalue weighted by atomic mass is 9.88. The molecule has 1 aliphatic carbocycles. The second-order valence-electron chi connectivity index (χ2n) is 10.0. The second kappa shape index (κ2) is 12.4. The van der Waals surface area contributed by atoms with Crippen molar-refractivity contribution in [2.45, 2.75) is 71.4 Å². The lowest BCUT2D eigenvalue weighted by molar-refractivity contribution is -0.135. The largest absolute Gasteiger partial charge is 0.491 e. The van der Waals surface area contributed by atoms with Gasteiger partial charge in [-0.2, -0.15) is 0 Å². The van der Waals surface area contributed by atoms with Crippen molar-refractivity contribution in [3.63, 3.8) is 0 Å². The molecule has 1 heterocycles. The summed E-state index contributed by atoms with van der Waals surface area (Å²) in [5.41, 5.74) is 1.03. The highest BCUT2D eigenvalue weighted by molar-refractivity contribution is 5.98. The van der Waals surface area contributed by atoms with Crippen LogP contribution in [0.25, 0.3) is 0 Å². The van der Waals surface area contributed by atoms with Crippen LogP contribution in [0.3, 0.4) is 0 Å². The number of anilines is 1. The molecule has 1 aromatic rings. The number of amides is 3. The van der Waals surface area contributed by atoms with Crippen LogP contribution in [0.15, 0.2) is 18.2 Å². The molecule has 0 unspecified atom stereocenters. The molecule has 194 valence electrons. The summed E-state index contributed by atoms with van der Waals surface area (Å²) >= 11 is 0. The number of nitrogens with one attached hydrogen (secondary N) is 1. The Morgan fingerprint density at radius 1 is 1.14 bits per heavy atom. The Morgan fingerprint density at radius 2 is 1.86 bits per heavy atom. The lowest BCUT2D eigenvalue weighted by Gasteiger charge is -2.36. The van der Waals surface area contributed by atoms with Crippen molar-refractivity contribution in [1.82, 2.24) is 9.80 Å². The fourth-order valence-corrected chi connectivity index (χ4v) is 5.01. The zero-order valence-electron chi connectivity index (χ0n) is 21.8. The van der Waals surface area contributed by atoms with Crippen LogP contribution in [0.5, 0.6) is 5.75 Å². The van der Waals surface area contributed by atoms with E-state index < -0.39 is 0 Å². The average Bonchev–Trinajstić information content (AvgIpc) is 2.87. The van der Waals surface area contributed by atoms with Gasteiger partial charge in [-0.1, -0.05) is 33.1 Å². The Bertz CT molecular complexity index is 899. The molecule has 1 aromatic carbocycles. The van der Waals surface area contributed by atoms with Gasteiger partial charge in [0.25, 0.3) is 5.91 Å². The molecule has 0 radical (unpaired) electrons. The quantitative estimate of drug-likeness (QED) is 0.695. The minimum Gasteiger partial charge on any atom is -0.491 e. The van der Waals surface area contributed by atoms with Crippen LogP contribution in [0, 0.1) is 11.8 Å². The maximum absolute atomic E-state index is 13.3. The van der Waals surface area contributed by atoms with Gasteiger partial charge in [-0.3, -0.25) is 14.4 Å². The Balaban J connectivity index is 1.89. The van der Waals surface area contributed by atoms with Crippen LogP contribution >= 0.6 is 0 Å². The van der Waals surface area contributed by atoms with E-state index in [2.05, 4.69) is 5.32 Å². The SMILES string of the molecule is CCC(=O)N1C[C@@H](C)[C@@H](OC)CN(C)C(=O)c2ccc(NC(=O)C3CCCCC3)cc2OC[C@H]1C. The highest BCUT2D eigenvalue weighted by Crippen LogP contribution is 2.29. The minimum atomic E-state index is -0.221. The predicted octanol–water partition coefficient (Wildman–Crippen LogP) is 3.95. The third kappa shape index (κ3) is 6.75. The molecule has 8 nitrogen and oxygen atoms in total. The van der Waals surface area contributed by atoms with Gasteiger partial charge in [-0.25, -0.2) is 0 Å². The molecule has 1 saturated carbocycles. The molecule has 8 heteroatoms. The van der Waals surface area contributed by atoms with Crippen LogP contribution in [0.4, 0.5) is 5.69 Å². The number of hydrogen-bond donors (Lipinski definition) is 1. The third-order valence-electron chi connectivity index (χ3n) is 7.31. The zero-order valence-corrected chi connectivity index (χ0v) is 21.8. The molecule has 2 aliphatic rings. The molecule has 0 saturated heterocycles. The molecule has 3 atom stereocenters. The van der Waals surface area contributed by atoms with Crippen LogP contribution < -0.4 is 10.1 Å². The second-order valence-corrected chi connectivity index (χ2v) is 10.0. The highest BCUT2D eigenvalue weighted by Gasteiger charge is 2.30. The van der Waals surface area contributed by atoms with E-state index in [-0.39, 0.29) is 48.3 Å². The standard InChI is InChI=1S/C27H41N3O5/c1-6-25(31)30-15-18(2)24(34-5)16-29(4)27(33)22-13-12-21(14-23(22)35-17-19(30)3)28-26(32)20-10-8-7-9-11-20/h12-14,18-20,24H,6-11,15-17H2,1-5H3,(H,28,32)/t18-,19-,24+/m1/s1. The molecule has 0 bridgehead atoms. The number of carbonyl (C=O) groups is 3. The first-order chi connectivity index (χ1) is 16.7. The molecule has 1 fully saturated rings. The molecule has 1 N–H and O–H groups in total. The molecule has 0 aromatic heterocycles. The van der Waals surface area contributed by atoms with E-state index in [1.165, 1.54) is 6.42 Å². The number of carbonyl (C=O) groups excluding carboxylic acids is 3. The smallest absolute Gasteiger partial charge is 0.257 e. The van der Waals surface area contributed by atoms with Crippen molar-refractivity contribution in [3.05, 3.63) is 23.8 Å². The monoisotopic (exact) mass is 487 g/mol. The summed E-state index contributed by atoms with van der Waals surface area (Å²) in [4.78, 5) is 42.3. The van der Waals surface area contributed by atoms with Gasteiger partial charge in [0.15, 0.2) is 0 Å². The maximum Gasteiger partial charge on any atom is 0.257 e. The van der Waals surface area contributed by atoms with Crippen molar-refractivity contribution in [2.24, 2.45) is 11.8 Å². The van der Waals surface area contributed by atoms with Gasteiger partial charge in [-0.05, 0) is 31.9 Å². The van der Waals surface area contributed by atoms with Gasteiger partial charge in [0, 0.05) is 57.3 Å². The summed E-state index contributed by atoms with van der Waals surface area (Å²) in [6, 6.07) is 5.00. The van der Waals surface area contributed by atoms with Crippen molar-refractivity contribution >= 4 is 23.4 Å². The van der Waals surface area contributed by atoms with E-state index in [0.29, 0.717) is 36.5 Å². The first-order valence-corrected chi connectivity index (χ1v) is 12.9. The van der Waals surface area contributed by atoms with E-state index >= 15 is 0 Å². The fourth-order valence-electron chi connectivity index (χ4n) is 5.01. The van der Waals surface area contributed by atoms with Crippen molar-refractivity contribution in [1.29, 1.82) is 0 Å². The molecular formula is C27H41N3O5. The van der Waals surface area contributed by atoms with E-state index in [4.69, 9.17) is 9.47 Å². The van der Waals surface area contributed by atoms with Crippen LogP contribution in [0.2, 0.25) is 0 Å². The Labute approximate surface area is 209 Å². The van der Waals surface area contributed by atoms with Crippen LogP contribution in [-0.2, 0) is 14.3 Å². The number of rotatable bonds is 4. The number of hydrogen-bond acceptors (Lipinski definition) is 5. The van der Waals surface area contributed by atoms with Gasteiger partial charge >= 0.3 is 0 Å². The van der Waals surface area contributed by atoms with Crippen molar-refractivity contribution < 1.29 is 23.9 Å². The first-order valence-electron chi connectivity index (χ1n) is 12.9. The number of methoxy groups -OCH3 is 1. The van der Waals surface area contributed by atoms with Gasteiger partial charge in [0.1, 0.15) is 12.4 Å². The van der Waals surface area contributed by atoms with E-state index in [1.807, 2.05) is 25.7 Å². The molecule has 3 amide bonds. The van der Waals surface area contributed by atoms with Gasteiger partial charge in [0.2, 0.25) is 11.8 Å². The molecule has 3 rings (SSSR count). The summed E-state index contributed by atoms with van der Waals surface area (Å²) in [6.45, 7) is 6.99. The Kier molecular flexibility index (Phi) is 9.55. The highest BCUT2D eigenvalue weighted by atomic mass is 16.5. The number of fused-ring (bicyclic) bond motifs is 1. The zero-order chi connectivity index (χ0) is 25.5. The number of likely N-dealkylation sites (N-methyl/N-ethyl adjacent to an activating group) is 1. The third-order valence-corrected chi connectivity index (χ3v) is 7.31. The van der Waals surface area contributed by atoms with Crippen molar-refractivity contribution in [2.75, 3.05) is 39.2 Å². The topological polar surface area (TPSA) is 88.2 Å². The number of ether oxygens (including phenoxy) is 2. The Hall–Kier alpha value is -2.61. The summed E-state index contributed by atoms with van der Waals surface area (Å²) in [7, 11) is 3.38. The fraction of sp³-hybridized carbons (Fsp3) is 0.667. The molecular weight excluding hydrogens is 446 g/mol. The summed E-state index contributed by atoms with van der Waals surface area (Å²) < 4.78 is 11.9. The molecule has 35 heavy (non-hydrogen) atoms. The van der Waals surface area contributed by atoms with Gasteiger partial charge in [0.05, 0.1) is 17.7 Å². The molecule has 0 spiro atoms. The van der Waals surface area contributed by atoms with Gasteiger partial charge in [-0.15, -0.1) is 0 Å². The predicted molar refractivity (Wildman–Crippen MR) is 136 cm³/mol. The number of nitrogens with zero attached hydrogens (tertiary/aromatic N) is 2. The van der Waals surface area contributed by atoms with E-state index in [1.54, 1.807) is 37.3 Å². The minimum absolute atomic E-state index is 0.0197. The normalized spacial score (nSPS) is 24.6.